The number of morpholine rings is 1. The van der Waals surface area contributed by atoms with Crippen LogP contribution in [0.15, 0.2) is 36.7 Å². The van der Waals surface area contributed by atoms with Gasteiger partial charge in [0.05, 0.1) is 19.4 Å². The number of rotatable bonds is 5. The number of carbonyl (C=O) groups excluding carboxylic acids is 1. The Morgan fingerprint density at radius 1 is 1.38 bits per heavy atom. The van der Waals surface area contributed by atoms with Crippen LogP contribution >= 0.6 is 0 Å². The van der Waals surface area contributed by atoms with Gasteiger partial charge in [0.1, 0.15) is 6.04 Å². The molecule has 6 heteroatoms. The summed E-state index contributed by atoms with van der Waals surface area (Å²) in [6.07, 6.45) is 3.63. The first kappa shape index (κ1) is 16.7. The molecule has 1 saturated heterocycles. The monoisotopic (exact) mass is 328 g/mol. The van der Waals surface area contributed by atoms with Crippen LogP contribution < -0.4 is 5.32 Å². The predicted molar refractivity (Wildman–Crippen MR) is 92.8 cm³/mol. The van der Waals surface area contributed by atoms with Gasteiger partial charge in [-0.05, 0) is 37.1 Å². The average Bonchev–Trinajstić information content (AvgIpc) is 3.02. The smallest absolute Gasteiger partial charge is 0.248 e. The van der Waals surface area contributed by atoms with Crippen molar-refractivity contribution in [3.63, 3.8) is 0 Å². The first-order valence-corrected chi connectivity index (χ1v) is 8.32. The van der Waals surface area contributed by atoms with E-state index in [0.717, 1.165) is 44.1 Å². The summed E-state index contributed by atoms with van der Waals surface area (Å²) in [6, 6.07) is 7.68. The van der Waals surface area contributed by atoms with E-state index in [2.05, 4.69) is 21.4 Å². The molecule has 3 rings (SSSR count). The van der Waals surface area contributed by atoms with Crippen molar-refractivity contribution in [3.8, 4) is 0 Å². The van der Waals surface area contributed by atoms with Crippen LogP contribution in [0.2, 0.25) is 0 Å². The van der Waals surface area contributed by atoms with E-state index in [-0.39, 0.29) is 11.9 Å². The van der Waals surface area contributed by atoms with Crippen molar-refractivity contribution < 1.29 is 9.53 Å². The van der Waals surface area contributed by atoms with Crippen molar-refractivity contribution in [2.45, 2.75) is 26.4 Å². The standard InChI is InChI=1S/C18H24N4O2/c1-14-11-19-22(12-14)15(2)18(23)20-17-5-3-4-16(10-17)13-21-6-8-24-9-7-21/h3-5,10-12,15H,6-9,13H2,1-2H3,(H,20,23). The third kappa shape index (κ3) is 4.21. The maximum atomic E-state index is 12.4. The van der Waals surface area contributed by atoms with Crippen molar-refractivity contribution in [2.24, 2.45) is 0 Å². The Morgan fingerprint density at radius 3 is 2.88 bits per heavy atom. The molecule has 1 aromatic carbocycles. The lowest BCUT2D eigenvalue weighted by molar-refractivity contribution is -0.119. The number of ether oxygens (including phenoxy) is 1. The van der Waals surface area contributed by atoms with Gasteiger partial charge < -0.3 is 10.1 Å². The lowest BCUT2D eigenvalue weighted by Crippen LogP contribution is -2.35. The molecule has 0 bridgehead atoms. The highest BCUT2D eigenvalue weighted by Crippen LogP contribution is 2.16. The highest BCUT2D eigenvalue weighted by Gasteiger charge is 2.16. The van der Waals surface area contributed by atoms with Crippen LogP contribution in [0.4, 0.5) is 5.69 Å². The molecule has 24 heavy (non-hydrogen) atoms. The van der Waals surface area contributed by atoms with E-state index in [1.807, 2.05) is 38.2 Å². The highest BCUT2D eigenvalue weighted by molar-refractivity contribution is 5.93. The van der Waals surface area contributed by atoms with Crippen LogP contribution in [0.1, 0.15) is 24.1 Å². The Kier molecular flexibility index (Phi) is 5.27. The van der Waals surface area contributed by atoms with E-state index in [0.29, 0.717) is 0 Å². The Balaban J connectivity index is 1.62. The fraction of sp³-hybridized carbons (Fsp3) is 0.444. The van der Waals surface area contributed by atoms with E-state index in [1.165, 1.54) is 5.56 Å². The summed E-state index contributed by atoms with van der Waals surface area (Å²) in [7, 11) is 0. The zero-order valence-corrected chi connectivity index (χ0v) is 14.2. The van der Waals surface area contributed by atoms with Crippen LogP contribution in [0.5, 0.6) is 0 Å². The van der Waals surface area contributed by atoms with Crippen LogP contribution in [0.3, 0.4) is 0 Å². The minimum Gasteiger partial charge on any atom is -0.379 e. The predicted octanol–water partition coefficient (Wildman–Crippen LogP) is 2.22. The van der Waals surface area contributed by atoms with E-state index < -0.39 is 0 Å². The minimum atomic E-state index is -0.346. The molecule has 0 aliphatic carbocycles. The van der Waals surface area contributed by atoms with Crippen molar-refractivity contribution in [3.05, 3.63) is 47.8 Å². The van der Waals surface area contributed by atoms with Gasteiger partial charge >= 0.3 is 0 Å². The number of carbonyl (C=O) groups is 1. The van der Waals surface area contributed by atoms with E-state index in [4.69, 9.17) is 4.74 Å². The Morgan fingerprint density at radius 2 is 2.17 bits per heavy atom. The molecule has 128 valence electrons. The van der Waals surface area contributed by atoms with Crippen LogP contribution in [-0.2, 0) is 16.1 Å². The van der Waals surface area contributed by atoms with Crippen molar-refractivity contribution in [2.75, 3.05) is 31.6 Å². The number of anilines is 1. The lowest BCUT2D eigenvalue weighted by atomic mass is 10.1. The number of benzene rings is 1. The second kappa shape index (κ2) is 7.59. The van der Waals surface area contributed by atoms with Crippen molar-refractivity contribution >= 4 is 11.6 Å². The first-order valence-electron chi connectivity index (χ1n) is 8.32. The number of aryl methyl sites for hydroxylation is 1. The molecule has 1 N–H and O–H groups in total. The van der Waals surface area contributed by atoms with E-state index in [9.17, 15) is 4.79 Å². The summed E-state index contributed by atoms with van der Waals surface area (Å²) >= 11 is 0. The topological polar surface area (TPSA) is 59.4 Å². The molecule has 0 radical (unpaired) electrons. The number of nitrogens with one attached hydrogen (secondary N) is 1. The number of hydrogen-bond donors (Lipinski definition) is 1. The molecule has 0 spiro atoms. The molecule has 1 atom stereocenters. The summed E-state index contributed by atoms with van der Waals surface area (Å²) in [6.45, 7) is 8.16. The number of nitrogens with zero attached hydrogens (tertiary/aromatic N) is 3. The fourth-order valence-corrected chi connectivity index (χ4v) is 2.78. The largest absolute Gasteiger partial charge is 0.379 e. The summed E-state index contributed by atoms with van der Waals surface area (Å²) in [5.74, 6) is -0.0679. The van der Waals surface area contributed by atoms with E-state index >= 15 is 0 Å². The van der Waals surface area contributed by atoms with Gasteiger partial charge in [-0.2, -0.15) is 5.10 Å². The number of hydrogen-bond acceptors (Lipinski definition) is 4. The zero-order chi connectivity index (χ0) is 16.9. The maximum Gasteiger partial charge on any atom is 0.248 e. The van der Waals surface area contributed by atoms with Gasteiger partial charge in [-0.1, -0.05) is 12.1 Å². The summed E-state index contributed by atoms with van der Waals surface area (Å²) in [5.41, 5.74) is 3.06. The quantitative estimate of drug-likeness (QED) is 0.914. The third-order valence-electron chi connectivity index (χ3n) is 4.21. The molecule has 2 aromatic rings. The van der Waals surface area contributed by atoms with Gasteiger partial charge in [0.15, 0.2) is 0 Å². The normalized spacial score (nSPS) is 16.8. The Hall–Kier alpha value is -2.18. The molecule has 2 heterocycles. The van der Waals surface area contributed by atoms with Crippen LogP contribution in [0.25, 0.3) is 0 Å². The van der Waals surface area contributed by atoms with Crippen LogP contribution in [-0.4, -0.2) is 46.9 Å². The summed E-state index contributed by atoms with van der Waals surface area (Å²) in [4.78, 5) is 14.8. The van der Waals surface area contributed by atoms with Crippen molar-refractivity contribution in [1.82, 2.24) is 14.7 Å². The fourth-order valence-electron chi connectivity index (χ4n) is 2.78. The summed E-state index contributed by atoms with van der Waals surface area (Å²) in [5, 5.41) is 7.19. The summed E-state index contributed by atoms with van der Waals surface area (Å²) < 4.78 is 7.06. The number of aromatic nitrogens is 2. The molecule has 1 aromatic heterocycles. The molecule has 1 unspecified atom stereocenters. The van der Waals surface area contributed by atoms with Gasteiger partial charge in [0.2, 0.25) is 5.91 Å². The molecule has 1 aliphatic heterocycles. The minimum absolute atomic E-state index is 0.0679. The van der Waals surface area contributed by atoms with Gasteiger partial charge in [0, 0.05) is 31.5 Å². The number of amides is 1. The molecule has 1 fully saturated rings. The molecule has 1 aliphatic rings. The lowest BCUT2D eigenvalue weighted by Gasteiger charge is -2.26. The first-order chi connectivity index (χ1) is 11.6. The second-order valence-electron chi connectivity index (χ2n) is 6.25. The molecular weight excluding hydrogens is 304 g/mol. The van der Waals surface area contributed by atoms with Gasteiger partial charge in [-0.25, -0.2) is 0 Å². The Bertz CT molecular complexity index is 692. The van der Waals surface area contributed by atoms with Gasteiger partial charge in [0.25, 0.3) is 0 Å². The highest BCUT2D eigenvalue weighted by atomic mass is 16.5. The molecule has 6 nitrogen and oxygen atoms in total. The average molecular weight is 328 g/mol. The maximum absolute atomic E-state index is 12.4. The molecular formula is C18H24N4O2. The SMILES string of the molecule is Cc1cnn(C(C)C(=O)Nc2cccc(CN3CCOCC3)c2)c1. The van der Waals surface area contributed by atoms with Gasteiger partial charge in [-0.3, -0.25) is 14.4 Å². The molecule has 1 amide bonds. The van der Waals surface area contributed by atoms with Crippen LogP contribution in [0, 0.1) is 6.92 Å². The zero-order valence-electron chi connectivity index (χ0n) is 14.2. The van der Waals surface area contributed by atoms with E-state index in [1.54, 1.807) is 10.9 Å². The van der Waals surface area contributed by atoms with Gasteiger partial charge in [-0.15, -0.1) is 0 Å². The Labute approximate surface area is 142 Å². The van der Waals surface area contributed by atoms with Crippen molar-refractivity contribution in [1.29, 1.82) is 0 Å². The second-order valence-corrected chi connectivity index (χ2v) is 6.25. The third-order valence-corrected chi connectivity index (χ3v) is 4.21. The molecule has 0 saturated carbocycles.